The van der Waals surface area contributed by atoms with Crippen molar-refractivity contribution in [2.75, 3.05) is 13.2 Å². The zero-order valence-electron chi connectivity index (χ0n) is 12.9. The molecule has 0 atom stereocenters. The predicted molar refractivity (Wildman–Crippen MR) is 84.5 cm³/mol. The first-order valence-electron chi connectivity index (χ1n) is 7.26. The van der Waals surface area contributed by atoms with Crippen LogP contribution in [-0.4, -0.2) is 19.1 Å². The van der Waals surface area contributed by atoms with Crippen molar-refractivity contribution in [3.63, 3.8) is 0 Å². The first-order chi connectivity index (χ1) is 10.5. The number of rotatable bonds is 6. The summed E-state index contributed by atoms with van der Waals surface area (Å²) in [6.07, 6.45) is 0.662. The molecule has 0 aromatic heterocycles. The lowest BCUT2D eigenvalue weighted by atomic mass is 10.1. The molecule has 0 heterocycles. The molecule has 0 unspecified atom stereocenters. The SMILES string of the molecule is Cc1ccc(C)c(OCC(=O)NCCc2ccc(F)cc2)c1. The maximum Gasteiger partial charge on any atom is 0.257 e. The number of amides is 1. The zero-order valence-corrected chi connectivity index (χ0v) is 12.9. The first kappa shape index (κ1) is 16.0. The van der Waals surface area contributed by atoms with Crippen molar-refractivity contribution in [1.82, 2.24) is 5.32 Å². The number of nitrogens with one attached hydrogen (secondary N) is 1. The van der Waals surface area contributed by atoms with E-state index in [9.17, 15) is 9.18 Å². The molecule has 0 aliphatic carbocycles. The number of hydrogen-bond acceptors (Lipinski definition) is 2. The Morgan fingerprint density at radius 2 is 1.86 bits per heavy atom. The normalized spacial score (nSPS) is 10.3. The van der Waals surface area contributed by atoms with Gasteiger partial charge in [-0.2, -0.15) is 0 Å². The largest absolute Gasteiger partial charge is 0.483 e. The minimum atomic E-state index is -0.255. The number of aryl methyl sites for hydroxylation is 2. The average Bonchev–Trinajstić information content (AvgIpc) is 2.50. The fraction of sp³-hybridized carbons (Fsp3) is 0.278. The van der Waals surface area contributed by atoms with Gasteiger partial charge in [0.15, 0.2) is 6.61 Å². The first-order valence-corrected chi connectivity index (χ1v) is 7.26. The molecule has 2 aromatic carbocycles. The van der Waals surface area contributed by atoms with E-state index in [1.807, 2.05) is 32.0 Å². The second-order valence-electron chi connectivity index (χ2n) is 5.28. The molecule has 4 heteroatoms. The van der Waals surface area contributed by atoms with Gasteiger partial charge in [-0.3, -0.25) is 4.79 Å². The van der Waals surface area contributed by atoms with Gasteiger partial charge in [0.1, 0.15) is 11.6 Å². The third-order valence-electron chi connectivity index (χ3n) is 3.35. The molecular weight excluding hydrogens is 281 g/mol. The summed E-state index contributed by atoms with van der Waals surface area (Å²) < 4.78 is 18.3. The molecule has 0 radical (unpaired) electrons. The molecule has 2 aromatic rings. The number of hydrogen-bond donors (Lipinski definition) is 1. The van der Waals surface area contributed by atoms with E-state index in [0.717, 1.165) is 22.4 Å². The van der Waals surface area contributed by atoms with E-state index < -0.39 is 0 Å². The van der Waals surface area contributed by atoms with Gasteiger partial charge in [-0.05, 0) is 55.2 Å². The lowest BCUT2D eigenvalue weighted by Crippen LogP contribution is -2.30. The maximum absolute atomic E-state index is 12.8. The number of halogens is 1. The Hall–Kier alpha value is -2.36. The highest BCUT2D eigenvalue weighted by molar-refractivity contribution is 5.77. The van der Waals surface area contributed by atoms with Crippen molar-refractivity contribution < 1.29 is 13.9 Å². The molecule has 3 nitrogen and oxygen atoms in total. The minimum Gasteiger partial charge on any atom is -0.483 e. The Kier molecular flexibility index (Phi) is 5.53. The van der Waals surface area contributed by atoms with Crippen molar-refractivity contribution in [2.24, 2.45) is 0 Å². The van der Waals surface area contributed by atoms with Crippen LogP contribution in [0.25, 0.3) is 0 Å². The van der Waals surface area contributed by atoms with Crippen LogP contribution in [-0.2, 0) is 11.2 Å². The van der Waals surface area contributed by atoms with Gasteiger partial charge in [-0.15, -0.1) is 0 Å². The summed E-state index contributed by atoms with van der Waals surface area (Å²) in [5, 5.41) is 2.79. The second kappa shape index (κ2) is 7.59. The van der Waals surface area contributed by atoms with Gasteiger partial charge >= 0.3 is 0 Å². The van der Waals surface area contributed by atoms with Crippen LogP contribution >= 0.6 is 0 Å². The lowest BCUT2D eigenvalue weighted by molar-refractivity contribution is -0.123. The summed E-state index contributed by atoms with van der Waals surface area (Å²) in [6.45, 7) is 4.42. The van der Waals surface area contributed by atoms with E-state index in [-0.39, 0.29) is 18.3 Å². The summed E-state index contributed by atoms with van der Waals surface area (Å²) in [7, 11) is 0. The average molecular weight is 301 g/mol. The van der Waals surface area contributed by atoms with Crippen LogP contribution in [0.5, 0.6) is 5.75 Å². The molecule has 0 aliphatic rings. The third-order valence-corrected chi connectivity index (χ3v) is 3.35. The molecule has 0 aliphatic heterocycles. The third kappa shape index (κ3) is 4.88. The van der Waals surface area contributed by atoms with Crippen LogP contribution in [0, 0.1) is 19.7 Å². The second-order valence-corrected chi connectivity index (χ2v) is 5.28. The summed E-state index contributed by atoms with van der Waals surface area (Å²) in [6, 6.07) is 12.2. The summed E-state index contributed by atoms with van der Waals surface area (Å²) in [5.41, 5.74) is 3.08. The molecule has 0 saturated carbocycles. The maximum atomic E-state index is 12.8. The van der Waals surface area contributed by atoms with E-state index in [2.05, 4.69) is 5.32 Å². The number of carbonyl (C=O) groups excluding carboxylic acids is 1. The number of carbonyl (C=O) groups is 1. The van der Waals surface area contributed by atoms with Crippen molar-refractivity contribution in [3.05, 3.63) is 65.0 Å². The molecular formula is C18H20FNO2. The van der Waals surface area contributed by atoms with Gasteiger partial charge in [0.2, 0.25) is 0 Å². The molecule has 0 saturated heterocycles. The van der Waals surface area contributed by atoms with E-state index >= 15 is 0 Å². The van der Waals surface area contributed by atoms with Crippen LogP contribution in [0.2, 0.25) is 0 Å². The summed E-state index contributed by atoms with van der Waals surface area (Å²) in [4.78, 5) is 11.8. The van der Waals surface area contributed by atoms with Crippen molar-refractivity contribution in [3.8, 4) is 5.75 Å². The number of ether oxygens (including phenoxy) is 1. The van der Waals surface area contributed by atoms with Crippen LogP contribution in [0.1, 0.15) is 16.7 Å². The van der Waals surface area contributed by atoms with Gasteiger partial charge in [0.05, 0.1) is 0 Å². The Morgan fingerprint density at radius 3 is 2.59 bits per heavy atom. The van der Waals surface area contributed by atoms with Crippen molar-refractivity contribution >= 4 is 5.91 Å². The van der Waals surface area contributed by atoms with E-state index in [1.54, 1.807) is 12.1 Å². The monoisotopic (exact) mass is 301 g/mol. The standard InChI is InChI=1S/C18H20FNO2/c1-13-3-4-14(2)17(11-13)22-12-18(21)20-10-9-15-5-7-16(19)8-6-15/h3-8,11H,9-10,12H2,1-2H3,(H,20,21). The van der Waals surface area contributed by atoms with Gasteiger partial charge < -0.3 is 10.1 Å². The van der Waals surface area contributed by atoms with Crippen molar-refractivity contribution in [2.45, 2.75) is 20.3 Å². The summed E-state index contributed by atoms with van der Waals surface area (Å²) >= 11 is 0. The van der Waals surface area contributed by atoms with Crippen molar-refractivity contribution in [1.29, 1.82) is 0 Å². The highest BCUT2D eigenvalue weighted by Crippen LogP contribution is 2.18. The molecule has 2 rings (SSSR count). The Balaban J connectivity index is 1.74. The highest BCUT2D eigenvalue weighted by Gasteiger charge is 2.05. The fourth-order valence-corrected chi connectivity index (χ4v) is 2.05. The summed E-state index contributed by atoms with van der Waals surface area (Å²) in [5.74, 6) is 0.311. The fourth-order valence-electron chi connectivity index (χ4n) is 2.05. The Morgan fingerprint density at radius 1 is 1.14 bits per heavy atom. The van der Waals surface area contributed by atoms with Gasteiger partial charge in [0.25, 0.3) is 5.91 Å². The van der Waals surface area contributed by atoms with E-state index in [4.69, 9.17) is 4.74 Å². The van der Waals surface area contributed by atoms with E-state index in [1.165, 1.54) is 12.1 Å². The lowest BCUT2D eigenvalue weighted by Gasteiger charge is -2.10. The number of benzene rings is 2. The van der Waals surface area contributed by atoms with Crippen LogP contribution in [0.15, 0.2) is 42.5 Å². The predicted octanol–water partition coefficient (Wildman–Crippen LogP) is 3.18. The van der Waals surface area contributed by atoms with Gasteiger partial charge in [0, 0.05) is 6.54 Å². The molecule has 0 spiro atoms. The molecule has 0 bridgehead atoms. The molecule has 1 amide bonds. The molecule has 1 N–H and O–H groups in total. The topological polar surface area (TPSA) is 38.3 Å². The Bertz CT molecular complexity index is 638. The smallest absolute Gasteiger partial charge is 0.257 e. The quantitative estimate of drug-likeness (QED) is 0.890. The molecule has 116 valence electrons. The van der Waals surface area contributed by atoms with Gasteiger partial charge in [-0.25, -0.2) is 4.39 Å². The van der Waals surface area contributed by atoms with Crippen LogP contribution < -0.4 is 10.1 Å². The van der Waals surface area contributed by atoms with Gasteiger partial charge in [-0.1, -0.05) is 24.3 Å². The van der Waals surface area contributed by atoms with E-state index in [0.29, 0.717) is 13.0 Å². The minimum absolute atomic E-state index is 0.00624. The van der Waals surface area contributed by atoms with Crippen LogP contribution in [0.4, 0.5) is 4.39 Å². The highest BCUT2D eigenvalue weighted by atomic mass is 19.1. The van der Waals surface area contributed by atoms with Crippen LogP contribution in [0.3, 0.4) is 0 Å². The molecule has 22 heavy (non-hydrogen) atoms. The zero-order chi connectivity index (χ0) is 15.9. The molecule has 0 fully saturated rings. The Labute approximate surface area is 130 Å².